The van der Waals surface area contributed by atoms with E-state index in [-0.39, 0.29) is 0 Å². The fourth-order valence-corrected chi connectivity index (χ4v) is 2.19. The lowest BCUT2D eigenvalue weighted by atomic mass is 10.1. The molecule has 3 rings (SSSR count). The predicted molar refractivity (Wildman–Crippen MR) is 69.0 cm³/mol. The van der Waals surface area contributed by atoms with Gasteiger partial charge in [-0.2, -0.15) is 5.10 Å². The van der Waals surface area contributed by atoms with E-state index < -0.39 is 0 Å². The zero-order valence-corrected chi connectivity index (χ0v) is 10.1. The van der Waals surface area contributed by atoms with Crippen LogP contribution < -0.4 is 5.73 Å². The summed E-state index contributed by atoms with van der Waals surface area (Å²) in [4.78, 5) is 4.34. The number of ether oxygens (including phenoxy) is 1. The molecule has 1 saturated heterocycles. The molecule has 1 fully saturated rings. The lowest BCUT2D eigenvalue weighted by Crippen LogP contribution is -2.21. The van der Waals surface area contributed by atoms with Gasteiger partial charge in [-0.05, 0) is 25.0 Å². The second kappa shape index (κ2) is 4.78. The molecule has 0 radical (unpaired) electrons. The maximum Gasteiger partial charge on any atom is 0.181 e. The quantitative estimate of drug-likeness (QED) is 0.819. The van der Waals surface area contributed by atoms with Gasteiger partial charge in [-0.25, -0.2) is 9.67 Å². The van der Waals surface area contributed by atoms with Gasteiger partial charge in [0.25, 0.3) is 0 Å². The SMILES string of the molecule is Nc1cccc(-c2ncn(C3CCCOC3)n2)c1. The molecule has 0 saturated carbocycles. The highest BCUT2D eigenvalue weighted by Gasteiger charge is 2.17. The van der Waals surface area contributed by atoms with E-state index in [1.807, 2.05) is 28.9 Å². The first-order valence-corrected chi connectivity index (χ1v) is 6.18. The van der Waals surface area contributed by atoms with Crippen LogP contribution in [0.1, 0.15) is 18.9 Å². The van der Waals surface area contributed by atoms with Gasteiger partial charge < -0.3 is 10.5 Å². The third kappa shape index (κ3) is 2.22. The summed E-state index contributed by atoms with van der Waals surface area (Å²) in [7, 11) is 0. The van der Waals surface area contributed by atoms with Crippen LogP contribution in [-0.2, 0) is 4.74 Å². The highest BCUT2D eigenvalue weighted by molar-refractivity contribution is 5.60. The van der Waals surface area contributed by atoms with Crippen LogP contribution in [0, 0.1) is 0 Å². The van der Waals surface area contributed by atoms with Gasteiger partial charge in [0.1, 0.15) is 6.33 Å². The van der Waals surface area contributed by atoms with Crippen molar-refractivity contribution < 1.29 is 4.74 Å². The molecule has 0 aliphatic carbocycles. The minimum Gasteiger partial charge on any atom is -0.399 e. The Morgan fingerprint density at radius 3 is 3.11 bits per heavy atom. The molecule has 94 valence electrons. The molecule has 1 aliphatic heterocycles. The zero-order valence-electron chi connectivity index (χ0n) is 10.1. The summed E-state index contributed by atoms with van der Waals surface area (Å²) >= 11 is 0. The number of hydrogen-bond acceptors (Lipinski definition) is 4. The number of nitrogens with two attached hydrogens (primary N) is 1. The molecular formula is C13H16N4O. The van der Waals surface area contributed by atoms with Gasteiger partial charge in [0, 0.05) is 17.9 Å². The first-order valence-electron chi connectivity index (χ1n) is 6.18. The van der Waals surface area contributed by atoms with Crippen molar-refractivity contribution in [2.24, 2.45) is 0 Å². The molecule has 1 unspecified atom stereocenters. The largest absolute Gasteiger partial charge is 0.399 e. The van der Waals surface area contributed by atoms with E-state index in [0.717, 1.165) is 37.3 Å². The molecule has 2 N–H and O–H groups in total. The fourth-order valence-electron chi connectivity index (χ4n) is 2.19. The third-order valence-corrected chi connectivity index (χ3v) is 3.16. The van der Waals surface area contributed by atoms with Crippen LogP contribution >= 0.6 is 0 Å². The second-order valence-corrected chi connectivity index (χ2v) is 4.54. The fraction of sp³-hybridized carbons (Fsp3) is 0.385. The lowest BCUT2D eigenvalue weighted by molar-refractivity contribution is 0.0549. The van der Waals surface area contributed by atoms with Gasteiger partial charge in [0.05, 0.1) is 12.6 Å². The number of anilines is 1. The molecule has 1 aromatic heterocycles. The highest BCUT2D eigenvalue weighted by atomic mass is 16.5. The van der Waals surface area contributed by atoms with E-state index in [1.54, 1.807) is 6.33 Å². The van der Waals surface area contributed by atoms with Crippen molar-refractivity contribution in [3.05, 3.63) is 30.6 Å². The van der Waals surface area contributed by atoms with Gasteiger partial charge in [-0.15, -0.1) is 0 Å². The molecule has 1 aliphatic rings. The monoisotopic (exact) mass is 244 g/mol. The van der Waals surface area contributed by atoms with Crippen LogP contribution in [0.15, 0.2) is 30.6 Å². The van der Waals surface area contributed by atoms with Gasteiger partial charge in [0.2, 0.25) is 0 Å². The van der Waals surface area contributed by atoms with Crippen LogP contribution in [0.4, 0.5) is 5.69 Å². The molecule has 2 aromatic rings. The average Bonchev–Trinajstić information content (AvgIpc) is 2.89. The van der Waals surface area contributed by atoms with E-state index in [2.05, 4.69) is 10.1 Å². The Kier molecular flexibility index (Phi) is 2.98. The molecule has 0 spiro atoms. The summed E-state index contributed by atoms with van der Waals surface area (Å²) in [6.07, 6.45) is 3.95. The van der Waals surface area contributed by atoms with Crippen molar-refractivity contribution in [2.45, 2.75) is 18.9 Å². The van der Waals surface area contributed by atoms with Crippen molar-refractivity contribution in [1.29, 1.82) is 0 Å². The van der Waals surface area contributed by atoms with Gasteiger partial charge in [-0.1, -0.05) is 12.1 Å². The number of rotatable bonds is 2. The molecule has 1 atom stereocenters. The molecule has 5 nitrogen and oxygen atoms in total. The summed E-state index contributed by atoms with van der Waals surface area (Å²) in [6.45, 7) is 1.58. The van der Waals surface area contributed by atoms with Crippen LogP contribution in [0.2, 0.25) is 0 Å². The summed E-state index contributed by atoms with van der Waals surface area (Å²) in [5, 5.41) is 4.52. The Bertz CT molecular complexity index is 531. The number of aromatic nitrogens is 3. The molecule has 18 heavy (non-hydrogen) atoms. The van der Waals surface area contributed by atoms with Crippen molar-refractivity contribution in [3.63, 3.8) is 0 Å². The molecule has 2 heterocycles. The van der Waals surface area contributed by atoms with Crippen LogP contribution in [0.25, 0.3) is 11.4 Å². The molecule has 5 heteroatoms. The number of nitrogens with zero attached hydrogens (tertiary/aromatic N) is 3. The molecule has 0 bridgehead atoms. The Morgan fingerprint density at radius 1 is 1.39 bits per heavy atom. The van der Waals surface area contributed by atoms with E-state index in [9.17, 15) is 0 Å². The topological polar surface area (TPSA) is 66.0 Å². The van der Waals surface area contributed by atoms with Crippen LogP contribution in [0.5, 0.6) is 0 Å². The Balaban J connectivity index is 1.84. The van der Waals surface area contributed by atoms with Crippen LogP contribution in [0.3, 0.4) is 0 Å². The minimum atomic E-state index is 0.307. The van der Waals surface area contributed by atoms with Crippen molar-refractivity contribution in [2.75, 3.05) is 18.9 Å². The summed E-state index contributed by atoms with van der Waals surface area (Å²) in [6, 6.07) is 7.93. The van der Waals surface area contributed by atoms with E-state index >= 15 is 0 Å². The smallest absolute Gasteiger partial charge is 0.181 e. The maximum absolute atomic E-state index is 5.76. The Hall–Kier alpha value is -1.88. The average molecular weight is 244 g/mol. The van der Waals surface area contributed by atoms with Crippen molar-refractivity contribution in [1.82, 2.24) is 14.8 Å². The predicted octanol–water partition coefficient (Wildman–Crippen LogP) is 1.88. The van der Waals surface area contributed by atoms with Gasteiger partial charge in [-0.3, -0.25) is 0 Å². The summed E-state index contributed by atoms with van der Waals surface area (Å²) < 4.78 is 7.36. The van der Waals surface area contributed by atoms with E-state index in [0.29, 0.717) is 11.9 Å². The second-order valence-electron chi connectivity index (χ2n) is 4.54. The first kappa shape index (κ1) is 11.2. The van der Waals surface area contributed by atoms with Crippen molar-refractivity contribution in [3.8, 4) is 11.4 Å². The zero-order chi connectivity index (χ0) is 12.4. The molecular weight excluding hydrogens is 228 g/mol. The first-order chi connectivity index (χ1) is 8.83. The number of hydrogen-bond donors (Lipinski definition) is 1. The number of nitrogen functional groups attached to an aromatic ring is 1. The summed E-state index contributed by atoms with van der Waals surface area (Å²) in [5.41, 5.74) is 7.44. The maximum atomic E-state index is 5.76. The van der Waals surface area contributed by atoms with Gasteiger partial charge in [0.15, 0.2) is 5.82 Å². The van der Waals surface area contributed by atoms with E-state index in [1.165, 1.54) is 0 Å². The Morgan fingerprint density at radius 2 is 2.33 bits per heavy atom. The van der Waals surface area contributed by atoms with Crippen LogP contribution in [-0.4, -0.2) is 28.0 Å². The van der Waals surface area contributed by atoms with Gasteiger partial charge >= 0.3 is 0 Å². The highest BCUT2D eigenvalue weighted by Crippen LogP contribution is 2.21. The standard InChI is InChI=1S/C13H16N4O/c14-11-4-1-3-10(7-11)13-15-9-17(16-13)12-5-2-6-18-8-12/h1,3-4,7,9,12H,2,5-6,8,14H2. The summed E-state index contributed by atoms with van der Waals surface area (Å²) in [5.74, 6) is 0.716. The van der Waals surface area contributed by atoms with Crippen molar-refractivity contribution >= 4 is 5.69 Å². The van der Waals surface area contributed by atoms with E-state index in [4.69, 9.17) is 10.5 Å². The lowest BCUT2D eigenvalue weighted by Gasteiger charge is -2.21. The molecule has 1 aromatic carbocycles. The normalized spacial score (nSPS) is 19.9. The third-order valence-electron chi connectivity index (χ3n) is 3.16. The minimum absolute atomic E-state index is 0.307. The molecule has 0 amide bonds. The Labute approximate surface area is 106 Å². The number of benzene rings is 1.